The summed E-state index contributed by atoms with van der Waals surface area (Å²) in [6.07, 6.45) is 1.62. The maximum Gasteiger partial charge on any atom is 0.223 e. The molecule has 4 rings (SSSR count). The highest BCUT2D eigenvalue weighted by Gasteiger charge is 2.26. The van der Waals surface area contributed by atoms with Crippen LogP contribution in [0.2, 0.25) is 0 Å². The number of nitrogens with one attached hydrogen (secondary N) is 1. The minimum Gasteiger partial charge on any atom is -0.489 e. The highest BCUT2D eigenvalue weighted by Crippen LogP contribution is 2.35. The van der Waals surface area contributed by atoms with Crippen molar-refractivity contribution in [2.45, 2.75) is 25.6 Å². The standard InChI is InChI=1S/C23H28N2O4/c1-25-11-9-18(10-12-25)23(26)24-14-20-16-28-21-8-7-19(13-22(21)29-20)27-15-17-5-3-2-4-6-17/h2-8,13,18,20H,9-12,14-16H2,1H3,(H,24,26). The number of hydrogen-bond acceptors (Lipinski definition) is 5. The van der Waals surface area contributed by atoms with Gasteiger partial charge in [-0.15, -0.1) is 0 Å². The van der Waals surface area contributed by atoms with Crippen molar-refractivity contribution in [3.63, 3.8) is 0 Å². The predicted molar refractivity (Wildman–Crippen MR) is 110 cm³/mol. The summed E-state index contributed by atoms with van der Waals surface area (Å²) in [5, 5.41) is 3.04. The molecule has 1 amide bonds. The molecule has 1 unspecified atom stereocenters. The van der Waals surface area contributed by atoms with Crippen molar-refractivity contribution in [3.8, 4) is 17.2 Å². The average Bonchev–Trinajstić information content (AvgIpc) is 2.77. The molecule has 1 atom stereocenters. The number of hydrogen-bond donors (Lipinski definition) is 1. The number of carbonyl (C=O) groups excluding carboxylic acids is 1. The van der Waals surface area contributed by atoms with E-state index in [9.17, 15) is 4.79 Å². The van der Waals surface area contributed by atoms with Crippen molar-refractivity contribution < 1.29 is 19.0 Å². The number of rotatable bonds is 6. The minimum absolute atomic E-state index is 0.0981. The van der Waals surface area contributed by atoms with Gasteiger partial charge in [-0.1, -0.05) is 30.3 Å². The molecule has 154 valence electrons. The molecule has 0 aliphatic carbocycles. The largest absolute Gasteiger partial charge is 0.489 e. The fraction of sp³-hybridized carbons (Fsp3) is 0.435. The van der Waals surface area contributed by atoms with Crippen molar-refractivity contribution in [2.75, 3.05) is 33.3 Å². The van der Waals surface area contributed by atoms with E-state index in [0.29, 0.717) is 31.3 Å². The van der Waals surface area contributed by atoms with Crippen molar-refractivity contribution >= 4 is 5.91 Å². The fourth-order valence-corrected chi connectivity index (χ4v) is 3.66. The molecule has 2 heterocycles. The lowest BCUT2D eigenvalue weighted by atomic mass is 9.96. The Morgan fingerprint density at radius 1 is 1.14 bits per heavy atom. The van der Waals surface area contributed by atoms with E-state index in [1.54, 1.807) is 0 Å². The Hall–Kier alpha value is -2.73. The van der Waals surface area contributed by atoms with Crippen molar-refractivity contribution in [1.82, 2.24) is 10.2 Å². The second-order valence-electron chi connectivity index (χ2n) is 7.76. The number of fused-ring (bicyclic) bond motifs is 1. The number of ether oxygens (including phenoxy) is 3. The molecule has 29 heavy (non-hydrogen) atoms. The SMILES string of the molecule is CN1CCC(C(=O)NCC2COc3ccc(OCc4ccccc4)cc3O2)CC1. The Morgan fingerprint density at radius 3 is 2.72 bits per heavy atom. The molecule has 2 aliphatic heterocycles. The van der Waals surface area contributed by atoms with Crippen LogP contribution in [0.4, 0.5) is 0 Å². The van der Waals surface area contributed by atoms with Crippen LogP contribution in [0.1, 0.15) is 18.4 Å². The van der Waals surface area contributed by atoms with Gasteiger partial charge in [0.05, 0.1) is 6.54 Å². The van der Waals surface area contributed by atoms with Crippen LogP contribution in [-0.4, -0.2) is 50.2 Å². The number of likely N-dealkylation sites (tertiary alicyclic amines) is 1. The number of benzene rings is 2. The molecule has 6 heteroatoms. The van der Waals surface area contributed by atoms with E-state index in [1.165, 1.54) is 0 Å². The zero-order valence-corrected chi connectivity index (χ0v) is 16.8. The monoisotopic (exact) mass is 396 g/mol. The van der Waals surface area contributed by atoms with Crippen LogP contribution in [0.5, 0.6) is 17.2 Å². The van der Waals surface area contributed by atoms with E-state index >= 15 is 0 Å². The molecule has 0 radical (unpaired) electrons. The van der Waals surface area contributed by atoms with Gasteiger partial charge in [-0.05, 0) is 50.7 Å². The van der Waals surface area contributed by atoms with E-state index in [1.807, 2.05) is 48.5 Å². The number of amides is 1. The summed E-state index contributed by atoms with van der Waals surface area (Å²) < 4.78 is 17.7. The van der Waals surface area contributed by atoms with Crippen molar-refractivity contribution in [1.29, 1.82) is 0 Å². The Kier molecular flexibility index (Phi) is 6.20. The summed E-state index contributed by atoms with van der Waals surface area (Å²) in [5.74, 6) is 2.30. The first-order valence-corrected chi connectivity index (χ1v) is 10.2. The normalized spacial score (nSPS) is 19.6. The second kappa shape index (κ2) is 9.18. The quantitative estimate of drug-likeness (QED) is 0.814. The second-order valence-corrected chi connectivity index (χ2v) is 7.76. The van der Waals surface area contributed by atoms with Gasteiger partial charge >= 0.3 is 0 Å². The molecule has 1 N–H and O–H groups in total. The molecule has 1 saturated heterocycles. The number of nitrogens with zero attached hydrogens (tertiary/aromatic N) is 1. The maximum absolute atomic E-state index is 12.4. The van der Waals surface area contributed by atoms with Crippen LogP contribution < -0.4 is 19.5 Å². The lowest BCUT2D eigenvalue weighted by Gasteiger charge is -2.30. The van der Waals surface area contributed by atoms with Crippen LogP contribution in [-0.2, 0) is 11.4 Å². The van der Waals surface area contributed by atoms with Gasteiger partial charge in [0.1, 0.15) is 25.1 Å². The van der Waals surface area contributed by atoms with E-state index < -0.39 is 0 Å². The smallest absolute Gasteiger partial charge is 0.223 e. The molecule has 0 bridgehead atoms. The molecular weight excluding hydrogens is 368 g/mol. The van der Waals surface area contributed by atoms with E-state index in [0.717, 1.165) is 37.2 Å². The zero-order valence-electron chi connectivity index (χ0n) is 16.8. The molecular formula is C23H28N2O4. The van der Waals surface area contributed by atoms with Gasteiger partial charge in [-0.25, -0.2) is 0 Å². The Bertz CT molecular complexity index is 819. The zero-order chi connectivity index (χ0) is 20.1. The van der Waals surface area contributed by atoms with Gasteiger partial charge in [0, 0.05) is 12.0 Å². The van der Waals surface area contributed by atoms with Gasteiger partial charge in [-0.3, -0.25) is 4.79 Å². The maximum atomic E-state index is 12.4. The van der Waals surface area contributed by atoms with Gasteiger partial charge < -0.3 is 24.4 Å². The van der Waals surface area contributed by atoms with Gasteiger partial charge in [0.15, 0.2) is 11.5 Å². The predicted octanol–water partition coefficient (Wildman–Crippen LogP) is 2.86. The van der Waals surface area contributed by atoms with Crippen molar-refractivity contribution in [2.24, 2.45) is 5.92 Å². The summed E-state index contributed by atoms with van der Waals surface area (Å²) in [5.41, 5.74) is 1.11. The minimum atomic E-state index is -0.206. The fourth-order valence-electron chi connectivity index (χ4n) is 3.66. The van der Waals surface area contributed by atoms with Gasteiger partial charge in [0.2, 0.25) is 5.91 Å². The average molecular weight is 396 g/mol. The summed E-state index contributed by atoms with van der Waals surface area (Å²) in [6, 6.07) is 15.6. The summed E-state index contributed by atoms with van der Waals surface area (Å²) >= 11 is 0. The third kappa shape index (κ3) is 5.21. The Morgan fingerprint density at radius 2 is 1.93 bits per heavy atom. The molecule has 0 spiro atoms. The molecule has 2 aliphatic rings. The topological polar surface area (TPSA) is 60.0 Å². The van der Waals surface area contributed by atoms with Crippen LogP contribution in [0.3, 0.4) is 0 Å². The highest BCUT2D eigenvalue weighted by atomic mass is 16.6. The van der Waals surface area contributed by atoms with E-state index in [-0.39, 0.29) is 17.9 Å². The van der Waals surface area contributed by atoms with E-state index in [2.05, 4.69) is 17.3 Å². The van der Waals surface area contributed by atoms with Crippen LogP contribution in [0.25, 0.3) is 0 Å². The third-order valence-corrected chi connectivity index (χ3v) is 5.48. The van der Waals surface area contributed by atoms with Crippen LogP contribution in [0.15, 0.2) is 48.5 Å². The van der Waals surface area contributed by atoms with Gasteiger partial charge in [0.25, 0.3) is 0 Å². The van der Waals surface area contributed by atoms with Crippen LogP contribution in [0, 0.1) is 5.92 Å². The van der Waals surface area contributed by atoms with Crippen molar-refractivity contribution in [3.05, 3.63) is 54.1 Å². The third-order valence-electron chi connectivity index (χ3n) is 5.48. The van der Waals surface area contributed by atoms with Crippen LogP contribution >= 0.6 is 0 Å². The number of piperidine rings is 1. The Labute approximate surface area is 171 Å². The first-order valence-electron chi connectivity index (χ1n) is 10.2. The highest BCUT2D eigenvalue weighted by molar-refractivity contribution is 5.78. The number of carbonyl (C=O) groups is 1. The first kappa shape index (κ1) is 19.6. The summed E-state index contributed by atoms with van der Waals surface area (Å²) in [6.45, 7) is 3.31. The Balaban J connectivity index is 1.28. The molecule has 2 aromatic rings. The molecule has 6 nitrogen and oxygen atoms in total. The lowest BCUT2D eigenvalue weighted by Crippen LogP contribution is -2.44. The lowest BCUT2D eigenvalue weighted by molar-refractivity contribution is -0.126. The molecule has 0 saturated carbocycles. The van der Waals surface area contributed by atoms with Gasteiger partial charge in [-0.2, -0.15) is 0 Å². The van der Waals surface area contributed by atoms with E-state index in [4.69, 9.17) is 14.2 Å². The molecule has 2 aromatic carbocycles. The first-order chi connectivity index (χ1) is 14.2. The molecule has 0 aromatic heterocycles. The summed E-state index contributed by atoms with van der Waals surface area (Å²) in [4.78, 5) is 14.7. The summed E-state index contributed by atoms with van der Waals surface area (Å²) in [7, 11) is 2.09. The molecule has 1 fully saturated rings.